The lowest BCUT2D eigenvalue weighted by Gasteiger charge is -2.13. The molecule has 0 spiro atoms. The van der Waals surface area contributed by atoms with Crippen molar-refractivity contribution in [3.8, 4) is 0 Å². The number of likely N-dealkylation sites (tertiary alicyclic amines) is 1. The number of nitrogens with one attached hydrogen (secondary N) is 1. The molecule has 0 bridgehead atoms. The van der Waals surface area contributed by atoms with Gasteiger partial charge in [-0.2, -0.15) is 0 Å². The van der Waals surface area contributed by atoms with E-state index in [1.54, 1.807) is 0 Å². The van der Waals surface area contributed by atoms with Crippen LogP contribution >= 0.6 is 0 Å². The van der Waals surface area contributed by atoms with Crippen molar-refractivity contribution >= 4 is 16.0 Å². The lowest BCUT2D eigenvalue weighted by atomic mass is 10.2. The van der Waals surface area contributed by atoms with E-state index in [0.29, 0.717) is 6.54 Å². The summed E-state index contributed by atoms with van der Waals surface area (Å²) in [5.41, 5.74) is 0.0690. The van der Waals surface area contributed by atoms with Gasteiger partial charge >= 0.3 is 5.97 Å². The van der Waals surface area contributed by atoms with E-state index in [1.807, 2.05) is 7.05 Å². The minimum atomic E-state index is -3.58. The van der Waals surface area contributed by atoms with Crippen molar-refractivity contribution in [2.75, 3.05) is 20.1 Å². The Balaban J connectivity index is 2.13. The summed E-state index contributed by atoms with van der Waals surface area (Å²) in [4.78, 5) is 12.9. The van der Waals surface area contributed by atoms with E-state index in [0.717, 1.165) is 13.0 Å². The number of carboxylic acid groups (broad SMARTS) is 1. The molecule has 7 heteroatoms. The minimum absolute atomic E-state index is 0.0690. The van der Waals surface area contributed by atoms with Gasteiger partial charge in [-0.3, -0.25) is 0 Å². The van der Waals surface area contributed by atoms with Gasteiger partial charge in [0.25, 0.3) is 0 Å². The SMILES string of the molecule is CN1CCC(NS(=O)(=O)c2ccc(C(=O)O)cc2)C1. The number of carboxylic acids is 1. The Morgan fingerprint density at radius 3 is 2.47 bits per heavy atom. The highest BCUT2D eigenvalue weighted by Gasteiger charge is 2.25. The van der Waals surface area contributed by atoms with Crippen molar-refractivity contribution in [2.45, 2.75) is 17.4 Å². The number of benzene rings is 1. The first-order valence-electron chi connectivity index (χ1n) is 5.93. The number of likely N-dealkylation sites (N-methyl/N-ethyl adjacent to an activating group) is 1. The van der Waals surface area contributed by atoms with Gasteiger partial charge in [0.15, 0.2) is 0 Å². The first kappa shape index (κ1) is 14.0. The standard InChI is InChI=1S/C12H16N2O4S/c1-14-7-6-10(8-14)13-19(17,18)11-4-2-9(3-5-11)12(15)16/h2-5,10,13H,6-8H2,1H3,(H,15,16). The number of hydrogen-bond donors (Lipinski definition) is 2. The fraction of sp³-hybridized carbons (Fsp3) is 0.417. The van der Waals surface area contributed by atoms with Crippen LogP contribution in [-0.2, 0) is 10.0 Å². The van der Waals surface area contributed by atoms with Crippen molar-refractivity contribution in [1.82, 2.24) is 9.62 Å². The van der Waals surface area contributed by atoms with E-state index < -0.39 is 16.0 Å². The topological polar surface area (TPSA) is 86.7 Å². The van der Waals surface area contributed by atoms with Crippen LogP contribution in [0, 0.1) is 0 Å². The summed E-state index contributed by atoms with van der Waals surface area (Å²) < 4.78 is 26.8. The van der Waals surface area contributed by atoms with E-state index in [9.17, 15) is 13.2 Å². The molecule has 2 N–H and O–H groups in total. The minimum Gasteiger partial charge on any atom is -0.478 e. The number of sulfonamides is 1. The summed E-state index contributed by atoms with van der Waals surface area (Å²) >= 11 is 0. The van der Waals surface area contributed by atoms with Crippen LogP contribution in [0.5, 0.6) is 0 Å². The molecule has 1 saturated heterocycles. The molecule has 0 saturated carbocycles. The molecule has 1 aromatic rings. The molecule has 1 fully saturated rings. The molecule has 19 heavy (non-hydrogen) atoms. The van der Waals surface area contributed by atoms with E-state index in [-0.39, 0.29) is 16.5 Å². The predicted octanol–water partition coefficient (Wildman–Crippen LogP) is 0.367. The Kier molecular flexibility index (Phi) is 3.88. The zero-order chi connectivity index (χ0) is 14.0. The van der Waals surface area contributed by atoms with Crippen molar-refractivity contribution in [2.24, 2.45) is 0 Å². The average molecular weight is 284 g/mol. The molecular weight excluding hydrogens is 268 g/mol. The van der Waals surface area contributed by atoms with Crippen LogP contribution < -0.4 is 4.72 Å². The largest absolute Gasteiger partial charge is 0.478 e. The number of aromatic carboxylic acids is 1. The molecule has 0 radical (unpaired) electrons. The second-order valence-corrected chi connectivity index (χ2v) is 6.41. The molecule has 0 amide bonds. The van der Waals surface area contributed by atoms with Crippen LogP contribution in [0.15, 0.2) is 29.2 Å². The Morgan fingerprint density at radius 2 is 2.00 bits per heavy atom. The molecule has 0 aromatic heterocycles. The van der Waals surface area contributed by atoms with Crippen LogP contribution in [0.25, 0.3) is 0 Å². The molecule has 1 aliphatic heterocycles. The Labute approximate surface area is 112 Å². The van der Waals surface area contributed by atoms with Gasteiger partial charge in [0, 0.05) is 12.6 Å². The van der Waals surface area contributed by atoms with Crippen LogP contribution in [0.1, 0.15) is 16.8 Å². The highest BCUT2D eigenvalue weighted by atomic mass is 32.2. The maximum absolute atomic E-state index is 12.1. The van der Waals surface area contributed by atoms with Gasteiger partial charge in [0.2, 0.25) is 10.0 Å². The van der Waals surface area contributed by atoms with Crippen molar-refractivity contribution < 1.29 is 18.3 Å². The van der Waals surface area contributed by atoms with E-state index in [1.165, 1.54) is 24.3 Å². The third-order valence-electron chi connectivity index (χ3n) is 3.12. The van der Waals surface area contributed by atoms with E-state index in [4.69, 9.17) is 5.11 Å². The highest BCUT2D eigenvalue weighted by molar-refractivity contribution is 7.89. The van der Waals surface area contributed by atoms with E-state index >= 15 is 0 Å². The summed E-state index contributed by atoms with van der Waals surface area (Å²) in [5, 5.41) is 8.77. The fourth-order valence-electron chi connectivity index (χ4n) is 2.10. The molecule has 1 aliphatic rings. The van der Waals surface area contributed by atoms with Gasteiger partial charge in [0.05, 0.1) is 10.5 Å². The number of rotatable bonds is 4. The first-order valence-corrected chi connectivity index (χ1v) is 7.41. The van der Waals surface area contributed by atoms with Crippen molar-refractivity contribution in [3.05, 3.63) is 29.8 Å². The van der Waals surface area contributed by atoms with Crippen molar-refractivity contribution in [3.63, 3.8) is 0 Å². The zero-order valence-electron chi connectivity index (χ0n) is 10.5. The van der Waals surface area contributed by atoms with Crippen LogP contribution in [0.4, 0.5) is 0 Å². The first-order chi connectivity index (χ1) is 8.88. The summed E-state index contributed by atoms with van der Waals surface area (Å²) in [6, 6.07) is 5.11. The summed E-state index contributed by atoms with van der Waals surface area (Å²) in [6.07, 6.45) is 0.781. The van der Waals surface area contributed by atoms with Gasteiger partial charge in [0.1, 0.15) is 0 Å². The number of nitrogens with zero attached hydrogens (tertiary/aromatic N) is 1. The molecule has 1 atom stereocenters. The maximum Gasteiger partial charge on any atom is 0.335 e. The molecule has 6 nitrogen and oxygen atoms in total. The molecule has 1 unspecified atom stereocenters. The fourth-order valence-corrected chi connectivity index (χ4v) is 3.36. The molecule has 2 rings (SSSR count). The molecule has 0 aliphatic carbocycles. The summed E-state index contributed by atoms with van der Waals surface area (Å²) in [6.45, 7) is 1.55. The molecule has 1 aromatic carbocycles. The van der Waals surface area contributed by atoms with Crippen LogP contribution in [0.2, 0.25) is 0 Å². The second-order valence-electron chi connectivity index (χ2n) is 4.70. The highest BCUT2D eigenvalue weighted by Crippen LogP contribution is 2.14. The summed E-state index contributed by atoms with van der Waals surface area (Å²) in [7, 11) is -1.64. The molecular formula is C12H16N2O4S. The van der Waals surface area contributed by atoms with Gasteiger partial charge < -0.3 is 10.0 Å². The van der Waals surface area contributed by atoms with Crippen molar-refractivity contribution in [1.29, 1.82) is 0 Å². The normalized spacial score (nSPS) is 20.6. The predicted molar refractivity (Wildman–Crippen MR) is 69.6 cm³/mol. The van der Waals surface area contributed by atoms with Gasteiger partial charge in [-0.25, -0.2) is 17.9 Å². The lowest BCUT2D eigenvalue weighted by molar-refractivity contribution is 0.0696. The quantitative estimate of drug-likeness (QED) is 0.834. The zero-order valence-corrected chi connectivity index (χ0v) is 11.4. The Bertz CT molecular complexity index is 568. The molecule has 1 heterocycles. The maximum atomic E-state index is 12.1. The third-order valence-corrected chi connectivity index (χ3v) is 4.66. The van der Waals surface area contributed by atoms with Gasteiger partial charge in [-0.15, -0.1) is 0 Å². The van der Waals surface area contributed by atoms with E-state index in [2.05, 4.69) is 9.62 Å². The second kappa shape index (κ2) is 5.28. The Hall–Kier alpha value is -1.44. The van der Waals surface area contributed by atoms with Gasteiger partial charge in [-0.05, 0) is 44.3 Å². The number of hydrogen-bond acceptors (Lipinski definition) is 4. The average Bonchev–Trinajstić information content (AvgIpc) is 2.74. The Morgan fingerprint density at radius 1 is 1.37 bits per heavy atom. The number of carbonyl (C=O) groups is 1. The summed E-state index contributed by atoms with van der Waals surface area (Å²) in [5.74, 6) is -1.07. The van der Waals surface area contributed by atoms with Crippen LogP contribution in [-0.4, -0.2) is 50.6 Å². The lowest BCUT2D eigenvalue weighted by Crippen LogP contribution is -2.36. The monoisotopic (exact) mass is 284 g/mol. The smallest absolute Gasteiger partial charge is 0.335 e. The molecule has 104 valence electrons. The van der Waals surface area contributed by atoms with Crippen LogP contribution in [0.3, 0.4) is 0 Å². The van der Waals surface area contributed by atoms with Gasteiger partial charge in [-0.1, -0.05) is 0 Å². The third kappa shape index (κ3) is 3.31.